The molecule has 1 N–H and O–H groups in total. The monoisotopic (exact) mass is 327 g/mol. The minimum Gasteiger partial charge on any atom is -0.492 e. The molecule has 1 aromatic carbocycles. The van der Waals surface area contributed by atoms with Crippen LogP contribution in [0.15, 0.2) is 29.6 Å². The van der Waals surface area contributed by atoms with Gasteiger partial charge in [-0.15, -0.1) is 16.5 Å². The fourth-order valence-electron chi connectivity index (χ4n) is 1.73. The molecule has 0 aliphatic carbocycles. The molecule has 0 heterocycles. The third-order valence-corrected chi connectivity index (χ3v) is 3.17. The van der Waals surface area contributed by atoms with Crippen LogP contribution in [0.5, 0.6) is 5.75 Å². The molecule has 6 nitrogen and oxygen atoms in total. The summed E-state index contributed by atoms with van der Waals surface area (Å²) in [5, 5.41) is 5.87. The SMILES string of the molecule is CC(C)(C)c1ccc(OCCNC(=O)N(CCCl)N=O)cc1. The van der Waals surface area contributed by atoms with Crippen LogP contribution in [0.3, 0.4) is 0 Å². The number of nitroso groups, excluding NO2 is 1. The number of hydrogen-bond acceptors (Lipinski definition) is 4. The number of nitrogens with zero attached hydrogens (tertiary/aromatic N) is 2. The van der Waals surface area contributed by atoms with Gasteiger partial charge in [0.2, 0.25) is 0 Å². The van der Waals surface area contributed by atoms with Crippen LogP contribution in [-0.4, -0.2) is 36.6 Å². The van der Waals surface area contributed by atoms with Gasteiger partial charge in [-0.3, -0.25) is 0 Å². The van der Waals surface area contributed by atoms with Gasteiger partial charge in [0.25, 0.3) is 0 Å². The van der Waals surface area contributed by atoms with Gasteiger partial charge < -0.3 is 10.1 Å². The highest BCUT2D eigenvalue weighted by Crippen LogP contribution is 2.24. The normalized spacial score (nSPS) is 10.9. The summed E-state index contributed by atoms with van der Waals surface area (Å²) in [5.41, 5.74) is 1.32. The molecule has 0 aliphatic rings. The van der Waals surface area contributed by atoms with Crippen LogP contribution in [0.4, 0.5) is 4.79 Å². The topological polar surface area (TPSA) is 71.0 Å². The van der Waals surface area contributed by atoms with E-state index in [1.165, 1.54) is 5.56 Å². The molecular weight excluding hydrogens is 306 g/mol. The first kappa shape index (κ1) is 18.2. The molecule has 0 spiro atoms. The van der Waals surface area contributed by atoms with Crippen molar-refractivity contribution in [1.29, 1.82) is 0 Å². The molecule has 0 bridgehead atoms. The number of carbonyl (C=O) groups excluding carboxylic acids is 1. The number of hydrogen-bond donors (Lipinski definition) is 1. The van der Waals surface area contributed by atoms with Crippen molar-refractivity contribution in [1.82, 2.24) is 10.3 Å². The lowest BCUT2D eigenvalue weighted by atomic mass is 9.87. The van der Waals surface area contributed by atoms with Crippen molar-refractivity contribution < 1.29 is 9.53 Å². The summed E-state index contributed by atoms with van der Waals surface area (Å²) in [7, 11) is 0. The van der Waals surface area contributed by atoms with Crippen LogP contribution >= 0.6 is 11.6 Å². The second kappa shape index (κ2) is 8.58. The van der Waals surface area contributed by atoms with Gasteiger partial charge in [-0.05, 0) is 23.1 Å². The maximum atomic E-state index is 11.5. The van der Waals surface area contributed by atoms with Crippen molar-refractivity contribution in [2.24, 2.45) is 5.29 Å². The molecule has 22 heavy (non-hydrogen) atoms. The highest BCUT2D eigenvalue weighted by Gasteiger charge is 2.13. The molecule has 2 amide bonds. The zero-order valence-corrected chi connectivity index (χ0v) is 13.9. The van der Waals surface area contributed by atoms with E-state index in [1.54, 1.807) is 0 Å². The lowest BCUT2D eigenvalue weighted by Crippen LogP contribution is -2.39. The number of ether oxygens (including phenoxy) is 1. The molecule has 1 rings (SSSR count). The molecule has 0 atom stereocenters. The summed E-state index contributed by atoms with van der Waals surface area (Å²) in [6.07, 6.45) is 0. The van der Waals surface area contributed by atoms with Crippen LogP contribution in [0.25, 0.3) is 0 Å². The minimum atomic E-state index is -0.581. The number of rotatable bonds is 7. The summed E-state index contributed by atoms with van der Waals surface area (Å²) in [6, 6.07) is 7.26. The molecule has 0 aromatic heterocycles. The van der Waals surface area contributed by atoms with Gasteiger partial charge in [0, 0.05) is 5.88 Å². The smallest absolute Gasteiger partial charge is 0.340 e. The zero-order chi connectivity index (χ0) is 16.6. The van der Waals surface area contributed by atoms with Gasteiger partial charge in [0.1, 0.15) is 12.4 Å². The molecule has 0 saturated heterocycles. The highest BCUT2D eigenvalue weighted by atomic mass is 35.5. The minimum absolute atomic E-state index is 0.0754. The summed E-state index contributed by atoms with van der Waals surface area (Å²) in [4.78, 5) is 22.0. The fraction of sp³-hybridized carbons (Fsp3) is 0.533. The van der Waals surface area contributed by atoms with Crippen molar-refractivity contribution in [3.8, 4) is 5.75 Å². The van der Waals surface area contributed by atoms with Crippen molar-refractivity contribution in [2.75, 3.05) is 25.6 Å². The molecule has 0 unspecified atom stereocenters. The third kappa shape index (κ3) is 5.89. The van der Waals surface area contributed by atoms with Crippen LogP contribution in [-0.2, 0) is 5.41 Å². The average Bonchev–Trinajstić information content (AvgIpc) is 2.48. The number of halogens is 1. The Morgan fingerprint density at radius 3 is 2.45 bits per heavy atom. The van der Waals surface area contributed by atoms with E-state index in [-0.39, 0.29) is 24.4 Å². The van der Waals surface area contributed by atoms with Gasteiger partial charge in [0.15, 0.2) is 0 Å². The number of amides is 2. The quantitative estimate of drug-likeness (QED) is 0.361. The van der Waals surface area contributed by atoms with Gasteiger partial charge in [-0.1, -0.05) is 32.9 Å². The summed E-state index contributed by atoms with van der Waals surface area (Å²) in [5.74, 6) is 0.879. The molecule has 1 aromatic rings. The summed E-state index contributed by atoms with van der Waals surface area (Å²) in [6.45, 7) is 7.08. The maximum Gasteiger partial charge on any atom is 0.340 e. The Balaban J connectivity index is 2.35. The van der Waals surface area contributed by atoms with Gasteiger partial charge in [0.05, 0.1) is 18.4 Å². The lowest BCUT2D eigenvalue weighted by molar-refractivity contribution is 0.199. The van der Waals surface area contributed by atoms with Crippen LogP contribution in [0.1, 0.15) is 26.3 Å². The molecule has 122 valence electrons. The Hall–Kier alpha value is -1.82. The second-order valence-electron chi connectivity index (χ2n) is 5.75. The number of alkyl halides is 1. The summed E-state index contributed by atoms with van der Waals surface area (Å²) >= 11 is 5.46. The Morgan fingerprint density at radius 2 is 1.95 bits per heavy atom. The molecule has 0 aliphatic heterocycles. The molecule has 7 heteroatoms. The van der Waals surface area contributed by atoms with Gasteiger partial charge >= 0.3 is 6.03 Å². The average molecular weight is 328 g/mol. The van der Waals surface area contributed by atoms with E-state index in [0.29, 0.717) is 6.61 Å². The van der Waals surface area contributed by atoms with Crippen molar-refractivity contribution in [3.05, 3.63) is 34.7 Å². The maximum absolute atomic E-state index is 11.5. The number of carbonyl (C=O) groups is 1. The van der Waals surface area contributed by atoms with Crippen molar-refractivity contribution >= 4 is 17.6 Å². The molecule has 0 saturated carbocycles. The van der Waals surface area contributed by atoms with Crippen LogP contribution < -0.4 is 10.1 Å². The van der Waals surface area contributed by atoms with E-state index in [0.717, 1.165) is 10.8 Å². The Kier molecular flexibility index (Phi) is 7.11. The van der Waals surface area contributed by atoms with E-state index in [9.17, 15) is 9.70 Å². The predicted octanol–water partition coefficient (Wildman–Crippen LogP) is 3.29. The van der Waals surface area contributed by atoms with Crippen LogP contribution in [0, 0.1) is 4.91 Å². The zero-order valence-electron chi connectivity index (χ0n) is 13.1. The molecule has 0 radical (unpaired) electrons. The molecular formula is C15H22ClN3O3. The first-order valence-corrected chi connectivity index (χ1v) is 7.60. The Morgan fingerprint density at radius 1 is 1.32 bits per heavy atom. The van der Waals surface area contributed by atoms with Crippen molar-refractivity contribution in [3.63, 3.8) is 0 Å². The predicted molar refractivity (Wildman–Crippen MR) is 87.3 cm³/mol. The van der Waals surface area contributed by atoms with E-state index < -0.39 is 6.03 Å². The van der Waals surface area contributed by atoms with E-state index in [4.69, 9.17) is 16.3 Å². The summed E-state index contributed by atoms with van der Waals surface area (Å²) < 4.78 is 5.53. The Bertz CT molecular complexity index is 486. The first-order chi connectivity index (χ1) is 10.4. The highest BCUT2D eigenvalue weighted by molar-refractivity contribution is 6.18. The Labute approximate surface area is 135 Å². The van der Waals surface area contributed by atoms with Gasteiger partial charge in [-0.2, -0.15) is 5.01 Å². The second-order valence-corrected chi connectivity index (χ2v) is 6.13. The molecule has 0 fully saturated rings. The van der Waals surface area contributed by atoms with E-state index in [1.807, 2.05) is 24.3 Å². The fourth-order valence-corrected chi connectivity index (χ4v) is 1.89. The first-order valence-electron chi connectivity index (χ1n) is 7.06. The third-order valence-electron chi connectivity index (χ3n) is 3.00. The lowest BCUT2D eigenvalue weighted by Gasteiger charge is -2.19. The van der Waals surface area contributed by atoms with E-state index in [2.05, 4.69) is 31.4 Å². The standard InChI is InChI=1S/C15H22ClN3O3/c1-15(2,3)12-4-6-13(7-5-12)22-11-9-17-14(20)19(18-21)10-8-16/h4-7H,8-11H2,1-3H3,(H,17,20). The number of nitrogens with one attached hydrogen (secondary N) is 1. The van der Waals surface area contributed by atoms with Gasteiger partial charge in [-0.25, -0.2) is 4.79 Å². The van der Waals surface area contributed by atoms with E-state index >= 15 is 0 Å². The van der Waals surface area contributed by atoms with Crippen molar-refractivity contribution in [2.45, 2.75) is 26.2 Å². The van der Waals surface area contributed by atoms with Crippen LogP contribution in [0.2, 0.25) is 0 Å². The largest absolute Gasteiger partial charge is 0.492 e. The number of benzene rings is 1. The number of urea groups is 1.